The van der Waals surface area contributed by atoms with E-state index in [1.54, 1.807) is 7.11 Å². The van der Waals surface area contributed by atoms with Crippen LogP contribution >= 0.6 is 0 Å². The molecule has 1 aliphatic heterocycles. The van der Waals surface area contributed by atoms with Crippen LogP contribution in [-0.2, 0) is 14.3 Å². The van der Waals surface area contributed by atoms with E-state index in [4.69, 9.17) is 9.47 Å². The van der Waals surface area contributed by atoms with E-state index in [2.05, 4.69) is 5.32 Å². The predicted octanol–water partition coefficient (Wildman–Crippen LogP) is -1.81. The summed E-state index contributed by atoms with van der Waals surface area (Å²) in [6, 6.07) is -0.273. The number of carbonyl (C=O) groups excluding carboxylic acids is 1. The van der Waals surface area contributed by atoms with Crippen molar-refractivity contribution >= 4 is 5.91 Å². The Morgan fingerprint density at radius 1 is 1.37 bits per heavy atom. The minimum atomic E-state index is -0.842. The fraction of sp³-hybridized carbons (Fsp3) is 0.917. The van der Waals surface area contributed by atoms with Gasteiger partial charge in [0.05, 0.1) is 38.1 Å². The van der Waals surface area contributed by atoms with Gasteiger partial charge in [-0.25, -0.2) is 0 Å². The number of amides is 1. The molecular formula is C12H24N2O5. The quantitative estimate of drug-likeness (QED) is 0.453. The first-order chi connectivity index (χ1) is 9.06. The smallest absolute Gasteiger partial charge is 0.216 e. The molecule has 1 rings (SSSR count). The van der Waals surface area contributed by atoms with Crippen LogP contribution in [0.4, 0.5) is 0 Å². The molecule has 0 aromatic heterocycles. The average molecular weight is 276 g/mol. The monoisotopic (exact) mass is 276 g/mol. The minimum Gasteiger partial charge on any atom is -0.389 e. The Balaban J connectivity index is 2.34. The normalized spacial score (nSPS) is 27.7. The largest absolute Gasteiger partial charge is 0.389 e. The van der Waals surface area contributed by atoms with Crippen LogP contribution in [-0.4, -0.2) is 85.8 Å². The third kappa shape index (κ3) is 5.42. The van der Waals surface area contributed by atoms with Crippen molar-refractivity contribution < 1.29 is 24.5 Å². The summed E-state index contributed by atoms with van der Waals surface area (Å²) in [6.45, 7) is 4.30. The topological polar surface area (TPSA) is 91.3 Å². The second-order valence-electron chi connectivity index (χ2n) is 4.66. The molecule has 0 aromatic carbocycles. The van der Waals surface area contributed by atoms with Gasteiger partial charge in [0.1, 0.15) is 0 Å². The fourth-order valence-electron chi connectivity index (χ4n) is 2.14. The molecule has 1 aliphatic rings. The number of ether oxygens (including phenoxy) is 2. The SMILES string of the molecule is COCCOCCN1C[C@H](O)[C@H](O)[C@H]1CNC(C)=O. The lowest BCUT2D eigenvalue weighted by Crippen LogP contribution is -2.46. The zero-order chi connectivity index (χ0) is 14.3. The zero-order valence-corrected chi connectivity index (χ0v) is 11.5. The molecule has 0 unspecified atom stereocenters. The fourth-order valence-corrected chi connectivity index (χ4v) is 2.14. The molecule has 7 nitrogen and oxygen atoms in total. The van der Waals surface area contributed by atoms with Gasteiger partial charge in [0.2, 0.25) is 5.91 Å². The molecule has 3 N–H and O–H groups in total. The standard InChI is InChI=1S/C12H24N2O5/c1-9(15)13-7-10-12(17)11(16)8-14(10)3-4-19-6-5-18-2/h10-12,16-17H,3-8H2,1-2H3,(H,13,15)/t10-,11+,12-/m1/s1. The zero-order valence-electron chi connectivity index (χ0n) is 11.5. The van der Waals surface area contributed by atoms with Gasteiger partial charge in [-0.1, -0.05) is 0 Å². The van der Waals surface area contributed by atoms with E-state index in [1.807, 2.05) is 4.90 Å². The lowest BCUT2D eigenvalue weighted by atomic mass is 10.1. The van der Waals surface area contributed by atoms with Gasteiger partial charge >= 0.3 is 0 Å². The molecule has 112 valence electrons. The first kappa shape index (κ1) is 16.3. The molecule has 0 spiro atoms. The Labute approximate surface area is 113 Å². The number of hydrogen-bond acceptors (Lipinski definition) is 6. The molecule has 1 saturated heterocycles. The third-order valence-corrected chi connectivity index (χ3v) is 3.19. The average Bonchev–Trinajstić information content (AvgIpc) is 2.62. The Kier molecular flexibility index (Phi) is 7.25. The van der Waals surface area contributed by atoms with E-state index in [1.165, 1.54) is 6.92 Å². The van der Waals surface area contributed by atoms with Crippen molar-refractivity contribution in [3.63, 3.8) is 0 Å². The molecule has 1 fully saturated rings. The molecule has 0 saturated carbocycles. The lowest BCUT2D eigenvalue weighted by Gasteiger charge is -2.25. The second-order valence-corrected chi connectivity index (χ2v) is 4.66. The van der Waals surface area contributed by atoms with Gasteiger partial charge in [-0.15, -0.1) is 0 Å². The number of aliphatic hydroxyl groups excluding tert-OH is 2. The lowest BCUT2D eigenvalue weighted by molar-refractivity contribution is -0.119. The van der Waals surface area contributed by atoms with Crippen molar-refractivity contribution in [2.24, 2.45) is 0 Å². The number of hydrogen-bond donors (Lipinski definition) is 3. The summed E-state index contributed by atoms with van der Waals surface area (Å²) in [6.07, 6.45) is -1.62. The van der Waals surface area contributed by atoms with E-state index >= 15 is 0 Å². The van der Waals surface area contributed by atoms with Crippen LogP contribution in [0, 0.1) is 0 Å². The van der Waals surface area contributed by atoms with E-state index in [0.717, 1.165) is 0 Å². The van der Waals surface area contributed by atoms with Crippen LogP contribution in [0.1, 0.15) is 6.92 Å². The summed E-state index contributed by atoms with van der Waals surface area (Å²) in [4.78, 5) is 12.8. The van der Waals surface area contributed by atoms with E-state index < -0.39 is 12.2 Å². The number of nitrogens with zero attached hydrogens (tertiary/aromatic N) is 1. The van der Waals surface area contributed by atoms with Crippen molar-refractivity contribution in [3.8, 4) is 0 Å². The summed E-state index contributed by atoms with van der Waals surface area (Å²) < 4.78 is 10.2. The number of carbonyl (C=O) groups is 1. The molecule has 0 bridgehead atoms. The molecule has 1 heterocycles. The maximum absolute atomic E-state index is 10.9. The molecule has 19 heavy (non-hydrogen) atoms. The maximum atomic E-state index is 10.9. The van der Waals surface area contributed by atoms with Crippen molar-refractivity contribution in [2.75, 3.05) is 46.6 Å². The van der Waals surface area contributed by atoms with Crippen LogP contribution in [0.3, 0.4) is 0 Å². The predicted molar refractivity (Wildman–Crippen MR) is 68.8 cm³/mol. The van der Waals surface area contributed by atoms with Gasteiger partial charge in [0, 0.05) is 33.7 Å². The third-order valence-electron chi connectivity index (χ3n) is 3.19. The first-order valence-corrected chi connectivity index (χ1v) is 6.47. The Bertz CT molecular complexity index is 277. The Morgan fingerprint density at radius 3 is 2.74 bits per heavy atom. The highest BCUT2D eigenvalue weighted by Gasteiger charge is 2.39. The minimum absolute atomic E-state index is 0.148. The van der Waals surface area contributed by atoms with Crippen LogP contribution in [0.15, 0.2) is 0 Å². The van der Waals surface area contributed by atoms with Crippen molar-refractivity contribution in [1.29, 1.82) is 0 Å². The summed E-state index contributed by atoms with van der Waals surface area (Å²) in [5.74, 6) is -0.148. The van der Waals surface area contributed by atoms with Crippen LogP contribution < -0.4 is 5.32 Å². The van der Waals surface area contributed by atoms with Gasteiger partial charge in [-0.3, -0.25) is 9.69 Å². The van der Waals surface area contributed by atoms with Crippen LogP contribution in [0.5, 0.6) is 0 Å². The van der Waals surface area contributed by atoms with Crippen molar-refractivity contribution in [1.82, 2.24) is 10.2 Å². The molecule has 3 atom stereocenters. The summed E-state index contributed by atoms with van der Waals surface area (Å²) in [7, 11) is 1.61. The second kappa shape index (κ2) is 8.44. The number of likely N-dealkylation sites (tertiary alicyclic amines) is 1. The van der Waals surface area contributed by atoms with E-state index in [0.29, 0.717) is 39.5 Å². The van der Waals surface area contributed by atoms with Crippen molar-refractivity contribution in [2.45, 2.75) is 25.2 Å². The number of rotatable bonds is 8. The Hall–Kier alpha value is -0.730. The van der Waals surface area contributed by atoms with Crippen molar-refractivity contribution in [3.05, 3.63) is 0 Å². The molecule has 0 aliphatic carbocycles. The van der Waals surface area contributed by atoms with Gasteiger partial charge < -0.3 is 25.0 Å². The Morgan fingerprint density at radius 2 is 2.11 bits per heavy atom. The first-order valence-electron chi connectivity index (χ1n) is 6.47. The van der Waals surface area contributed by atoms with E-state index in [9.17, 15) is 15.0 Å². The van der Waals surface area contributed by atoms with Crippen LogP contribution in [0.2, 0.25) is 0 Å². The summed E-state index contributed by atoms with van der Waals surface area (Å²) >= 11 is 0. The van der Waals surface area contributed by atoms with E-state index in [-0.39, 0.29) is 11.9 Å². The summed E-state index contributed by atoms with van der Waals surface area (Å²) in [5.41, 5.74) is 0. The molecule has 0 radical (unpaired) electrons. The van der Waals surface area contributed by atoms with Gasteiger partial charge in [0.25, 0.3) is 0 Å². The highest BCUT2D eigenvalue weighted by atomic mass is 16.5. The highest BCUT2D eigenvalue weighted by molar-refractivity contribution is 5.72. The molecular weight excluding hydrogens is 252 g/mol. The highest BCUT2D eigenvalue weighted by Crippen LogP contribution is 2.17. The number of nitrogens with one attached hydrogen (secondary N) is 1. The number of aliphatic hydroxyl groups is 2. The number of methoxy groups -OCH3 is 1. The number of β-amino-alcohol motifs (C(OH)–C–C–N with tert-alkyl or cyclic N) is 1. The molecule has 1 amide bonds. The van der Waals surface area contributed by atoms with Gasteiger partial charge in [-0.2, -0.15) is 0 Å². The van der Waals surface area contributed by atoms with Gasteiger partial charge in [-0.05, 0) is 0 Å². The molecule has 7 heteroatoms. The van der Waals surface area contributed by atoms with Crippen LogP contribution in [0.25, 0.3) is 0 Å². The van der Waals surface area contributed by atoms with Gasteiger partial charge in [0.15, 0.2) is 0 Å². The molecule has 0 aromatic rings. The summed E-state index contributed by atoms with van der Waals surface area (Å²) in [5, 5.41) is 22.2. The maximum Gasteiger partial charge on any atom is 0.216 e.